The third-order valence-corrected chi connectivity index (χ3v) is 8.95. The zero-order valence-corrected chi connectivity index (χ0v) is 34.8. The molecular weight excluding hydrogens is 926 g/mol. The van der Waals surface area contributed by atoms with Gasteiger partial charge in [-0.2, -0.15) is 10.2 Å². The summed E-state index contributed by atoms with van der Waals surface area (Å²) >= 11 is 6.46. The molecule has 0 amide bonds. The summed E-state index contributed by atoms with van der Waals surface area (Å²) in [5.41, 5.74) is 5.28. The van der Waals surface area contributed by atoms with Gasteiger partial charge in [-0.1, -0.05) is 6.07 Å². The smallest absolute Gasteiger partial charge is 0.437 e. The van der Waals surface area contributed by atoms with Gasteiger partial charge in [-0.3, -0.25) is 29.7 Å². The number of hydrogen-bond donors (Lipinski definition) is 1. The number of hydrogen-bond acceptors (Lipinski definition) is 15. The number of methoxy groups -OCH3 is 2. The van der Waals surface area contributed by atoms with Crippen LogP contribution in [0.25, 0.3) is 0 Å². The van der Waals surface area contributed by atoms with Crippen LogP contribution in [-0.4, -0.2) is 60.9 Å². The van der Waals surface area contributed by atoms with Crippen LogP contribution in [-0.2, 0) is 22.3 Å². The predicted molar refractivity (Wildman–Crippen MR) is 216 cm³/mol. The molecule has 6 rings (SSSR count). The van der Waals surface area contributed by atoms with Crippen LogP contribution in [0.3, 0.4) is 0 Å². The molecule has 60 heavy (non-hydrogen) atoms. The van der Waals surface area contributed by atoms with E-state index in [4.69, 9.17) is 15.2 Å². The lowest BCUT2D eigenvalue weighted by atomic mass is 10.1. The van der Waals surface area contributed by atoms with Crippen LogP contribution in [0.5, 0.6) is 23.0 Å². The minimum absolute atomic E-state index is 0.00266. The van der Waals surface area contributed by atoms with E-state index in [1.807, 2.05) is 0 Å². The molecule has 0 saturated heterocycles. The molecule has 0 bridgehead atoms. The molecule has 2 N–H and O–H groups in total. The van der Waals surface area contributed by atoms with E-state index in [9.17, 15) is 29.3 Å². The second kappa shape index (κ2) is 19.2. The number of carbonyl (C=O) groups excluding carboxylic acids is 2. The quantitative estimate of drug-likeness (QED) is 0.0858. The molecule has 0 aliphatic rings. The number of nitrogens with zero attached hydrogens (tertiary/aromatic N) is 7. The van der Waals surface area contributed by atoms with Crippen LogP contribution in [0.4, 0.5) is 29.7 Å². The van der Waals surface area contributed by atoms with Crippen LogP contribution in [0.15, 0.2) is 91.9 Å². The molecule has 0 fully saturated rings. The number of nitrogen functional groups attached to an aromatic ring is 1. The monoisotopic (exact) mass is 954 g/mol. The van der Waals surface area contributed by atoms with Crippen molar-refractivity contribution in [1.29, 1.82) is 0 Å². The minimum atomic E-state index is -0.995. The van der Waals surface area contributed by atoms with E-state index >= 15 is 8.78 Å². The van der Waals surface area contributed by atoms with Gasteiger partial charge < -0.3 is 24.7 Å². The highest BCUT2D eigenvalue weighted by Crippen LogP contribution is 2.37. The van der Waals surface area contributed by atoms with Crippen molar-refractivity contribution in [2.24, 2.45) is 0 Å². The minimum Gasteiger partial charge on any atom is -0.451 e. The Kier molecular flexibility index (Phi) is 14.1. The van der Waals surface area contributed by atoms with Crippen molar-refractivity contribution in [3.8, 4) is 23.0 Å². The van der Waals surface area contributed by atoms with Gasteiger partial charge in [-0.25, -0.2) is 18.4 Å². The average Bonchev–Trinajstić information content (AvgIpc) is 3.21. The molecule has 0 unspecified atom stereocenters. The normalized spacial score (nSPS) is 10.6. The standard InChI is InChI=1S/C19H14BrFN4O6.C19H16BrFN4O4/c1-10-5-13(23-24(18(10)26)19(27)30-2)6-11-3-4-15(25(28)29)17(16(11)21)31-14-7-12(20)8-22-9-14;1-10-5-13(24-25(18(10)26)19(27)28-2)6-11-3-4-15(22)17(16(11)21)29-14-7-12(20)8-23-9-14/h3-5,7-9H,6H2,1-2H3;3-5,7-9H,6,22H2,1-2H3. The van der Waals surface area contributed by atoms with Crippen molar-refractivity contribution in [2.45, 2.75) is 26.7 Å². The lowest BCUT2D eigenvalue weighted by Crippen LogP contribution is -2.32. The number of benzene rings is 2. The summed E-state index contributed by atoms with van der Waals surface area (Å²) in [7, 11) is 2.23. The van der Waals surface area contributed by atoms with Gasteiger partial charge in [-0.15, -0.1) is 9.36 Å². The first-order chi connectivity index (χ1) is 28.5. The molecule has 0 radical (unpaired) electrons. The molecule has 18 nitrogen and oxygen atoms in total. The van der Waals surface area contributed by atoms with Gasteiger partial charge in [0.25, 0.3) is 11.1 Å². The second-order valence-electron chi connectivity index (χ2n) is 12.3. The van der Waals surface area contributed by atoms with E-state index in [-0.39, 0.29) is 58.0 Å². The Morgan fingerprint density at radius 2 is 1.17 bits per heavy atom. The first-order valence-electron chi connectivity index (χ1n) is 17.0. The van der Waals surface area contributed by atoms with E-state index < -0.39 is 51.3 Å². The first-order valence-corrected chi connectivity index (χ1v) is 18.6. The molecule has 310 valence electrons. The highest BCUT2D eigenvalue weighted by Gasteiger charge is 2.25. The highest BCUT2D eigenvalue weighted by molar-refractivity contribution is 9.10. The summed E-state index contributed by atoms with van der Waals surface area (Å²) in [5, 5.41) is 19.2. The van der Waals surface area contributed by atoms with E-state index in [2.05, 4.69) is 61.5 Å². The lowest BCUT2D eigenvalue weighted by molar-refractivity contribution is -0.385. The van der Waals surface area contributed by atoms with Gasteiger partial charge in [0.15, 0.2) is 17.4 Å². The van der Waals surface area contributed by atoms with Crippen LogP contribution in [0, 0.1) is 35.6 Å². The Labute approximate surface area is 353 Å². The predicted octanol–water partition coefficient (Wildman–Crippen LogP) is 7.18. The number of aromatic nitrogens is 6. The Hall–Kier alpha value is -6.94. The number of ether oxygens (including phenoxy) is 4. The first kappa shape index (κ1) is 44.2. The number of anilines is 1. The summed E-state index contributed by atoms with van der Waals surface area (Å²) < 4.78 is 52.7. The Balaban J connectivity index is 0.000000228. The number of pyridine rings is 2. The maximum Gasteiger partial charge on any atom is 0.437 e. The SMILES string of the molecule is COC(=O)n1nc(Cc2ccc(N)c(Oc3cncc(Br)c3)c2F)cc(C)c1=O.COC(=O)n1nc(Cc2ccc([N+](=O)[O-])c(Oc3cncc(Br)c3)c2F)cc(C)c1=O. The zero-order valence-electron chi connectivity index (χ0n) is 31.6. The van der Waals surface area contributed by atoms with Crippen LogP contribution >= 0.6 is 31.9 Å². The summed E-state index contributed by atoms with van der Waals surface area (Å²) in [6.45, 7) is 3.00. The number of aryl methyl sites for hydroxylation is 2. The van der Waals surface area contributed by atoms with Gasteiger partial charge in [0, 0.05) is 51.4 Å². The van der Waals surface area contributed by atoms with Gasteiger partial charge in [0.05, 0.1) is 48.6 Å². The Bertz CT molecular complexity index is 2770. The molecule has 0 aliphatic heterocycles. The highest BCUT2D eigenvalue weighted by atomic mass is 79.9. The van der Waals surface area contributed by atoms with Crippen molar-refractivity contribution in [3.63, 3.8) is 0 Å². The lowest BCUT2D eigenvalue weighted by Gasteiger charge is -2.13. The third-order valence-electron chi connectivity index (χ3n) is 8.08. The van der Waals surface area contributed by atoms with Gasteiger partial charge >= 0.3 is 17.9 Å². The van der Waals surface area contributed by atoms with Crippen molar-refractivity contribution < 1.29 is 42.2 Å². The maximum absolute atomic E-state index is 15.2. The molecule has 2 aromatic carbocycles. The summed E-state index contributed by atoms with van der Waals surface area (Å²) in [4.78, 5) is 66.1. The number of nitro groups is 1. The molecule has 4 heterocycles. The Morgan fingerprint density at radius 1 is 0.733 bits per heavy atom. The molecule has 6 aromatic rings. The number of halogens is 4. The number of carbonyl (C=O) groups is 2. The average molecular weight is 957 g/mol. The van der Waals surface area contributed by atoms with Crippen molar-refractivity contribution in [3.05, 3.63) is 158 Å². The van der Waals surface area contributed by atoms with E-state index in [0.29, 0.717) is 29.8 Å². The fourth-order valence-corrected chi connectivity index (χ4v) is 5.98. The molecule has 0 saturated carbocycles. The second-order valence-corrected chi connectivity index (χ2v) is 14.2. The molecular formula is C38H30Br2F2N8O10. The van der Waals surface area contributed by atoms with E-state index in [0.717, 1.165) is 20.3 Å². The molecule has 0 atom stereocenters. The fourth-order valence-electron chi connectivity index (χ4n) is 5.29. The fraction of sp³-hybridized carbons (Fsp3) is 0.158. The molecule has 22 heteroatoms. The summed E-state index contributed by atoms with van der Waals surface area (Å²) in [6, 6.07) is 11.3. The third kappa shape index (κ3) is 10.4. The largest absolute Gasteiger partial charge is 0.451 e. The van der Waals surface area contributed by atoms with E-state index in [1.165, 1.54) is 68.8 Å². The zero-order chi connectivity index (χ0) is 43.8. The number of nitrogens with two attached hydrogens (primary N) is 1. The van der Waals surface area contributed by atoms with Gasteiger partial charge in [0.1, 0.15) is 11.5 Å². The topological polar surface area (TPSA) is 236 Å². The van der Waals surface area contributed by atoms with Crippen LogP contribution < -0.4 is 26.3 Å². The molecule has 0 aliphatic carbocycles. The Morgan fingerprint density at radius 3 is 1.60 bits per heavy atom. The molecule has 0 spiro atoms. The maximum atomic E-state index is 15.2. The van der Waals surface area contributed by atoms with Crippen molar-refractivity contribution >= 4 is 55.4 Å². The van der Waals surface area contributed by atoms with Crippen molar-refractivity contribution in [1.82, 2.24) is 29.5 Å². The van der Waals surface area contributed by atoms with E-state index in [1.54, 1.807) is 12.3 Å². The van der Waals surface area contributed by atoms with Gasteiger partial charge in [0.2, 0.25) is 5.75 Å². The summed E-state index contributed by atoms with van der Waals surface area (Å²) in [6.07, 6.45) is 3.64. The summed E-state index contributed by atoms with van der Waals surface area (Å²) in [5.74, 6) is -2.03. The van der Waals surface area contributed by atoms with Crippen molar-refractivity contribution in [2.75, 3.05) is 20.0 Å². The van der Waals surface area contributed by atoms with Crippen LogP contribution in [0.1, 0.15) is 33.6 Å². The van der Waals surface area contributed by atoms with Crippen LogP contribution in [0.2, 0.25) is 0 Å². The molecule has 4 aromatic heterocycles. The number of rotatable bonds is 9. The number of nitro benzene ring substituents is 1. The van der Waals surface area contributed by atoms with Gasteiger partial charge in [-0.05, 0) is 93.2 Å².